The minimum atomic E-state index is -3.26. The van der Waals surface area contributed by atoms with Crippen LogP contribution in [-0.2, 0) is 36.8 Å². The van der Waals surface area contributed by atoms with E-state index in [1.54, 1.807) is 0 Å². The quantitative estimate of drug-likeness (QED) is 0.0667. The van der Waals surface area contributed by atoms with Crippen LogP contribution < -0.4 is 10.6 Å². The zero-order valence-electron chi connectivity index (χ0n) is 21.6. The normalized spacial score (nSPS) is 13.8. The largest absolute Gasteiger partial charge is 0.459 e. The van der Waals surface area contributed by atoms with E-state index in [0.717, 1.165) is 21.7 Å². The lowest BCUT2D eigenvalue weighted by atomic mass is 10.1. The maximum Gasteiger partial charge on any atom is 0.293 e. The van der Waals surface area contributed by atoms with E-state index in [9.17, 15) is 4.79 Å². The Morgan fingerprint density at radius 2 is 1.15 bits per heavy atom. The molecule has 0 aliphatic rings. The molecule has 202 valence electrons. The highest BCUT2D eigenvalue weighted by Crippen LogP contribution is 2.52. The second kappa shape index (κ2) is 15.1. The molecule has 39 heavy (non-hydrogen) atoms. The molecule has 4 aromatic rings. The summed E-state index contributed by atoms with van der Waals surface area (Å²) in [6, 6.07) is 38.7. The van der Waals surface area contributed by atoms with Crippen LogP contribution >= 0.6 is 29.7 Å². The lowest BCUT2D eigenvalue weighted by Crippen LogP contribution is -2.47. The van der Waals surface area contributed by atoms with Gasteiger partial charge in [0.2, 0.25) is 0 Å². The molecule has 0 aliphatic carbocycles. The Morgan fingerprint density at radius 3 is 1.62 bits per heavy atom. The van der Waals surface area contributed by atoms with Gasteiger partial charge in [-0.1, -0.05) is 144 Å². The highest BCUT2D eigenvalue weighted by Gasteiger charge is 2.45. The van der Waals surface area contributed by atoms with Gasteiger partial charge in [0, 0.05) is 15.0 Å². The van der Waals surface area contributed by atoms with Crippen molar-refractivity contribution in [1.29, 1.82) is 0 Å². The van der Waals surface area contributed by atoms with Gasteiger partial charge in [-0.15, -0.1) is 0 Å². The Hall–Kier alpha value is -2.77. The fourth-order valence-corrected chi connectivity index (χ4v) is 9.95. The van der Waals surface area contributed by atoms with Crippen LogP contribution in [0, 0.1) is 0 Å². The number of hydrogen-bond donors (Lipinski definition) is 0. The van der Waals surface area contributed by atoms with Crippen molar-refractivity contribution in [2.24, 2.45) is 0 Å². The van der Waals surface area contributed by atoms with Crippen LogP contribution in [0.25, 0.3) is 0 Å². The van der Waals surface area contributed by atoms with Gasteiger partial charge in [-0.2, -0.15) is 0 Å². The Labute approximate surface area is 244 Å². The molecule has 0 saturated heterocycles. The molecule has 0 amide bonds. The number of rotatable bonds is 15. The fraction of sp³-hybridized carbons (Fsp3) is 0.219. The smallest absolute Gasteiger partial charge is 0.293 e. The molecule has 4 aromatic carbocycles. The molecular weight excluding hydrogens is 622 g/mol. The van der Waals surface area contributed by atoms with Gasteiger partial charge in [-0.25, -0.2) is 0 Å². The summed E-state index contributed by atoms with van der Waals surface area (Å²) >= 11 is 2.27. The Kier molecular flexibility index (Phi) is 11.3. The van der Waals surface area contributed by atoms with Crippen LogP contribution in [0.5, 0.6) is 0 Å². The van der Waals surface area contributed by atoms with Gasteiger partial charge in [-0.05, 0) is 11.1 Å². The van der Waals surface area contributed by atoms with Gasteiger partial charge in [0.25, 0.3) is 6.47 Å². The number of ether oxygens (including phenoxy) is 3. The third kappa shape index (κ3) is 7.67. The van der Waals surface area contributed by atoms with Crippen LogP contribution in [0.15, 0.2) is 121 Å². The van der Waals surface area contributed by atoms with Crippen LogP contribution in [-0.4, -0.2) is 35.4 Å². The SMILES string of the molecule is O=CO[C@H](COCc1ccccc1)[C@@H](OCc1ccccc1)[C@H](CI)P(=O)(c1ccccc1)c1ccccc1. The summed E-state index contributed by atoms with van der Waals surface area (Å²) in [4.78, 5) is 11.7. The summed E-state index contributed by atoms with van der Waals surface area (Å²) in [6.45, 7) is 1.16. The number of halogens is 1. The van der Waals surface area contributed by atoms with E-state index < -0.39 is 25.0 Å². The predicted octanol–water partition coefficient (Wildman–Crippen LogP) is 6.15. The van der Waals surface area contributed by atoms with E-state index in [0.29, 0.717) is 17.5 Å². The van der Waals surface area contributed by atoms with Gasteiger partial charge >= 0.3 is 0 Å². The molecule has 4 rings (SSSR count). The topological polar surface area (TPSA) is 61.8 Å². The molecule has 0 radical (unpaired) electrons. The molecule has 0 aromatic heterocycles. The molecule has 0 spiro atoms. The maximum atomic E-state index is 15.3. The molecule has 0 bridgehead atoms. The van der Waals surface area contributed by atoms with Crippen molar-refractivity contribution in [1.82, 2.24) is 0 Å². The van der Waals surface area contributed by atoms with Gasteiger partial charge in [0.05, 0.1) is 25.5 Å². The second-order valence-corrected chi connectivity index (χ2v) is 13.0. The van der Waals surface area contributed by atoms with Crippen molar-refractivity contribution >= 4 is 46.8 Å². The van der Waals surface area contributed by atoms with Crippen molar-refractivity contribution in [3.8, 4) is 0 Å². The summed E-state index contributed by atoms with van der Waals surface area (Å²) in [6.07, 6.45) is -1.47. The number of hydrogen-bond acceptors (Lipinski definition) is 5. The van der Waals surface area contributed by atoms with Crippen LogP contribution in [0.1, 0.15) is 11.1 Å². The van der Waals surface area contributed by atoms with E-state index in [-0.39, 0.29) is 13.2 Å². The van der Waals surface area contributed by atoms with Crippen LogP contribution in [0.3, 0.4) is 0 Å². The number of alkyl halides is 1. The first-order valence-corrected chi connectivity index (χ1v) is 16.1. The molecule has 5 nitrogen and oxygen atoms in total. The first-order valence-electron chi connectivity index (χ1n) is 12.8. The van der Waals surface area contributed by atoms with E-state index in [2.05, 4.69) is 22.6 Å². The summed E-state index contributed by atoms with van der Waals surface area (Å²) in [5.41, 5.74) is 1.49. The maximum absolute atomic E-state index is 15.3. The summed E-state index contributed by atoms with van der Waals surface area (Å²) in [5.74, 6) is 0. The first-order chi connectivity index (χ1) is 19.2. The fourth-order valence-electron chi connectivity index (χ4n) is 4.61. The van der Waals surface area contributed by atoms with Gasteiger partial charge < -0.3 is 18.8 Å². The van der Waals surface area contributed by atoms with Gasteiger partial charge in [0.15, 0.2) is 6.10 Å². The second-order valence-electron chi connectivity index (χ2n) is 9.08. The predicted molar refractivity (Wildman–Crippen MR) is 164 cm³/mol. The van der Waals surface area contributed by atoms with Crippen molar-refractivity contribution in [3.63, 3.8) is 0 Å². The first kappa shape index (κ1) is 29.2. The molecule has 0 saturated carbocycles. The zero-order chi connectivity index (χ0) is 27.3. The van der Waals surface area contributed by atoms with E-state index in [1.807, 2.05) is 121 Å². The lowest BCUT2D eigenvalue weighted by Gasteiger charge is -2.37. The molecule has 7 heteroatoms. The van der Waals surface area contributed by atoms with E-state index >= 15 is 4.57 Å². The van der Waals surface area contributed by atoms with Gasteiger partial charge in [-0.3, -0.25) is 4.79 Å². The Balaban J connectivity index is 1.72. The van der Waals surface area contributed by atoms with Crippen molar-refractivity contribution < 1.29 is 23.6 Å². The average molecular weight is 654 g/mol. The van der Waals surface area contributed by atoms with Crippen molar-refractivity contribution in [2.75, 3.05) is 11.0 Å². The average Bonchev–Trinajstić information content (AvgIpc) is 3.00. The highest BCUT2D eigenvalue weighted by atomic mass is 127. The third-order valence-corrected chi connectivity index (χ3v) is 11.7. The highest BCUT2D eigenvalue weighted by molar-refractivity contribution is 14.1. The minimum Gasteiger partial charge on any atom is -0.459 e. The Morgan fingerprint density at radius 1 is 0.692 bits per heavy atom. The number of carbonyl (C=O) groups excluding carboxylic acids is 1. The van der Waals surface area contributed by atoms with E-state index in [1.165, 1.54) is 0 Å². The van der Waals surface area contributed by atoms with E-state index in [4.69, 9.17) is 14.2 Å². The zero-order valence-corrected chi connectivity index (χ0v) is 24.6. The Bertz CT molecular complexity index is 1260. The van der Waals surface area contributed by atoms with Crippen molar-refractivity contribution in [2.45, 2.75) is 31.1 Å². The lowest BCUT2D eigenvalue weighted by molar-refractivity contribution is -0.149. The summed E-state index contributed by atoms with van der Waals surface area (Å²) in [7, 11) is -3.26. The van der Waals surface area contributed by atoms with Crippen LogP contribution in [0.4, 0.5) is 0 Å². The third-order valence-electron chi connectivity index (χ3n) is 6.56. The number of benzene rings is 4. The molecule has 0 unspecified atom stereocenters. The molecule has 3 atom stereocenters. The molecule has 0 heterocycles. The molecule has 0 N–H and O–H groups in total. The summed E-state index contributed by atoms with van der Waals surface area (Å²) in [5, 5.41) is 1.47. The van der Waals surface area contributed by atoms with Crippen molar-refractivity contribution in [3.05, 3.63) is 132 Å². The molecular formula is C32H32IO5P. The molecule has 0 aliphatic heterocycles. The molecule has 0 fully saturated rings. The minimum absolute atomic E-state index is 0.101. The van der Waals surface area contributed by atoms with Crippen LogP contribution in [0.2, 0.25) is 0 Å². The monoisotopic (exact) mass is 654 g/mol. The van der Waals surface area contributed by atoms with Gasteiger partial charge in [0.1, 0.15) is 13.2 Å². The standard InChI is InChI=1S/C32H32IO5P/c33-21-31(39(35,28-17-9-3-10-18-28)29-19-11-4-12-20-29)32(37-23-27-15-7-2-8-16-27)30(38-25-34)24-36-22-26-13-5-1-6-14-26/h1-20,25,30-32H,21-24H2/t30-,31+,32-/m1/s1. The summed E-state index contributed by atoms with van der Waals surface area (Å²) < 4.78 is 34.0. The number of carbonyl (C=O) groups is 1.